The molecule has 114 valence electrons. The van der Waals surface area contributed by atoms with Crippen LogP contribution >= 0.6 is 0 Å². The number of hydrogen-bond acceptors (Lipinski definition) is 2. The van der Waals surface area contributed by atoms with E-state index in [2.05, 4.69) is 29.7 Å². The SMILES string of the molecule is CCC[C@H]1c2ccccc2CCN1C(=O)CNC(=O)NC. The molecule has 0 radical (unpaired) electrons. The van der Waals surface area contributed by atoms with Crippen LogP contribution in [0.15, 0.2) is 24.3 Å². The summed E-state index contributed by atoms with van der Waals surface area (Å²) in [5, 5.41) is 5.03. The van der Waals surface area contributed by atoms with Crippen molar-refractivity contribution in [1.82, 2.24) is 15.5 Å². The van der Waals surface area contributed by atoms with Gasteiger partial charge in [-0.05, 0) is 24.0 Å². The molecule has 5 heteroatoms. The molecule has 5 nitrogen and oxygen atoms in total. The Morgan fingerprint density at radius 3 is 2.81 bits per heavy atom. The van der Waals surface area contributed by atoms with Gasteiger partial charge in [-0.3, -0.25) is 4.79 Å². The molecule has 0 saturated carbocycles. The normalized spacial score (nSPS) is 17.0. The molecule has 0 aromatic heterocycles. The van der Waals surface area contributed by atoms with Gasteiger partial charge in [0, 0.05) is 13.6 Å². The van der Waals surface area contributed by atoms with Crippen molar-refractivity contribution >= 4 is 11.9 Å². The fourth-order valence-electron chi connectivity index (χ4n) is 2.88. The lowest BCUT2D eigenvalue weighted by Crippen LogP contribution is -2.46. The lowest BCUT2D eigenvalue weighted by molar-refractivity contribution is -0.133. The van der Waals surface area contributed by atoms with E-state index in [1.54, 1.807) is 0 Å². The van der Waals surface area contributed by atoms with Gasteiger partial charge in [0.25, 0.3) is 0 Å². The molecule has 3 amide bonds. The predicted molar refractivity (Wildman–Crippen MR) is 82.0 cm³/mol. The summed E-state index contributed by atoms with van der Waals surface area (Å²) in [6.07, 6.45) is 2.84. The van der Waals surface area contributed by atoms with Gasteiger partial charge in [-0.1, -0.05) is 37.6 Å². The maximum Gasteiger partial charge on any atom is 0.314 e. The Bertz CT molecular complexity index is 516. The topological polar surface area (TPSA) is 61.4 Å². The molecule has 1 heterocycles. The molecule has 0 fully saturated rings. The zero-order valence-corrected chi connectivity index (χ0v) is 12.7. The van der Waals surface area contributed by atoms with Gasteiger partial charge >= 0.3 is 6.03 Å². The van der Waals surface area contributed by atoms with Gasteiger partial charge in [-0.15, -0.1) is 0 Å². The molecule has 0 saturated heterocycles. The van der Waals surface area contributed by atoms with Crippen molar-refractivity contribution in [2.45, 2.75) is 32.2 Å². The average molecular weight is 289 g/mol. The lowest BCUT2D eigenvalue weighted by atomic mass is 9.90. The summed E-state index contributed by atoms with van der Waals surface area (Å²) in [6, 6.07) is 8.13. The van der Waals surface area contributed by atoms with Crippen LogP contribution in [0.4, 0.5) is 4.79 Å². The molecule has 1 atom stereocenters. The van der Waals surface area contributed by atoms with Gasteiger partial charge in [-0.25, -0.2) is 4.79 Å². The van der Waals surface area contributed by atoms with Gasteiger partial charge in [0.2, 0.25) is 5.91 Å². The second-order valence-electron chi connectivity index (χ2n) is 5.27. The first-order valence-corrected chi connectivity index (χ1v) is 7.50. The second kappa shape index (κ2) is 7.11. The quantitative estimate of drug-likeness (QED) is 0.888. The Labute approximate surface area is 125 Å². The summed E-state index contributed by atoms with van der Waals surface area (Å²) >= 11 is 0. The van der Waals surface area contributed by atoms with E-state index in [0.29, 0.717) is 0 Å². The minimum Gasteiger partial charge on any atom is -0.341 e. The largest absolute Gasteiger partial charge is 0.341 e. The highest BCUT2D eigenvalue weighted by atomic mass is 16.2. The maximum absolute atomic E-state index is 12.4. The number of benzene rings is 1. The number of rotatable bonds is 4. The first-order valence-electron chi connectivity index (χ1n) is 7.50. The molecule has 0 spiro atoms. The number of fused-ring (bicyclic) bond motifs is 1. The van der Waals surface area contributed by atoms with E-state index in [9.17, 15) is 9.59 Å². The van der Waals surface area contributed by atoms with Crippen LogP contribution in [0.5, 0.6) is 0 Å². The van der Waals surface area contributed by atoms with E-state index in [4.69, 9.17) is 0 Å². The molecule has 1 aromatic carbocycles. The predicted octanol–water partition coefficient (Wildman–Crippen LogP) is 1.84. The summed E-state index contributed by atoms with van der Waals surface area (Å²) < 4.78 is 0. The van der Waals surface area contributed by atoms with Crippen LogP contribution in [0.25, 0.3) is 0 Å². The second-order valence-corrected chi connectivity index (χ2v) is 5.27. The van der Waals surface area contributed by atoms with Crippen molar-refractivity contribution in [3.05, 3.63) is 35.4 Å². The van der Waals surface area contributed by atoms with Crippen molar-refractivity contribution in [1.29, 1.82) is 0 Å². The Balaban J connectivity index is 2.12. The molecule has 0 unspecified atom stereocenters. The van der Waals surface area contributed by atoms with Crippen LogP contribution in [0.2, 0.25) is 0 Å². The van der Waals surface area contributed by atoms with E-state index in [1.807, 2.05) is 17.0 Å². The van der Waals surface area contributed by atoms with Crippen molar-refractivity contribution in [3.63, 3.8) is 0 Å². The molecule has 1 aromatic rings. The third kappa shape index (κ3) is 3.54. The van der Waals surface area contributed by atoms with Crippen LogP contribution in [-0.4, -0.2) is 37.0 Å². The molecule has 1 aliphatic heterocycles. The van der Waals surface area contributed by atoms with Gasteiger partial charge < -0.3 is 15.5 Å². The molecular formula is C16H23N3O2. The minimum atomic E-state index is -0.326. The van der Waals surface area contributed by atoms with E-state index in [1.165, 1.54) is 18.2 Å². The van der Waals surface area contributed by atoms with Crippen LogP contribution < -0.4 is 10.6 Å². The lowest BCUT2D eigenvalue weighted by Gasteiger charge is -2.37. The highest BCUT2D eigenvalue weighted by Crippen LogP contribution is 2.32. The Kier molecular flexibility index (Phi) is 5.20. The van der Waals surface area contributed by atoms with Gasteiger partial charge in [0.05, 0.1) is 12.6 Å². The van der Waals surface area contributed by atoms with E-state index < -0.39 is 0 Å². The van der Waals surface area contributed by atoms with Crippen molar-refractivity contribution < 1.29 is 9.59 Å². The monoisotopic (exact) mass is 289 g/mol. The molecule has 21 heavy (non-hydrogen) atoms. The van der Waals surface area contributed by atoms with Crippen LogP contribution in [-0.2, 0) is 11.2 Å². The zero-order chi connectivity index (χ0) is 15.2. The van der Waals surface area contributed by atoms with E-state index in [-0.39, 0.29) is 24.5 Å². The average Bonchev–Trinajstić information content (AvgIpc) is 2.52. The summed E-state index contributed by atoms with van der Waals surface area (Å²) in [4.78, 5) is 25.5. The molecule has 2 rings (SSSR count). The third-order valence-electron chi connectivity index (χ3n) is 3.92. The first-order chi connectivity index (χ1) is 10.2. The van der Waals surface area contributed by atoms with Crippen LogP contribution in [0.1, 0.15) is 36.9 Å². The third-order valence-corrected chi connectivity index (χ3v) is 3.92. The van der Waals surface area contributed by atoms with Crippen molar-refractivity contribution in [2.24, 2.45) is 0 Å². The smallest absolute Gasteiger partial charge is 0.314 e. The fourth-order valence-corrected chi connectivity index (χ4v) is 2.88. The fraction of sp³-hybridized carbons (Fsp3) is 0.500. The van der Waals surface area contributed by atoms with Gasteiger partial charge in [-0.2, -0.15) is 0 Å². The number of nitrogens with zero attached hydrogens (tertiary/aromatic N) is 1. The summed E-state index contributed by atoms with van der Waals surface area (Å²) in [5.41, 5.74) is 2.58. The van der Waals surface area contributed by atoms with E-state index in [0.717, 1.165) is 25.8 Å². The van der Waals surface area contributed by atoms with Crippen LogP contribution in [0, 0.1) is 0 Å². The summed E-state index contributed by atoms with van der Waals surface area (Å²) in [5.74, 6) is -0.0217. The standard InChI is InChI=1S/C16H23N3O2/c1-3-6-14-13-8-5-4-7-12(13)9-10-19(14)15(20)11-18-16(21)17-2/h4-5,7-8,14H,3,6,9-11H2,1-2H3,(H2,17,18,21)/t14-/m0/s1. The van der Waals surface area contributed by atoms with E-state index >= 15 is 0 Å². The molecule has 1 aliphatic rings. The maximum atomic E-state index is 12.4. The molecule has 0 bridgehead atoms. The van der Waals surface area contributed by atoms with Gasteiger partial charge in [0.15, 0.2) is 0 Å². The van der Waals surface area contributed by atoms with Crippen molar-refractivity contribution in [3.8, 4) is 0 Å². The zero-order valence-electron chi connectivity index (χ0n) is 12.7. The van der Waals surface area contributed by atoms with Gasteiger partial charge in [0.1, 0.15) is 0 Å². The number of carbonyl (C=O) groups excluding carboxylic acids is 2. The Hall–Kier alpha value is -2.04. The highest BCUT2D eigenvalue weighted by Gasteiger charge is 2.29. The number of hydrogen-bond donors (Lipinski definition) is 2. The number of urea groups is 1. The number of amides is 3. The summed E-state index contributed by atoms with van der Waals surface area (Å²) in [6.45, 7) is 2.89. The molecule has 0 aliphatic carbocycles. The minimum absolute atomic E-state index is 0.0217. The first kappa shape index (κ1) is 15.4. The van der Waals surface area contributed by atoms with Crippen molar-refractivity contribution in [2.75, 3.05) is 20.1 Å². The Morgan fingerprint density at radius 1 is 1.33 bits per heavy atom. The Morgan fingerprint density at radius 2 is 2.10 bits per heavy atom. The molecular weight excluding hydrogens is 266 g/mol. The number of carbonyl (C=O) groups is 2. The summed E-state index contributed by atoms with van der Waals surface area (Å²) in [7, 11) is 1.54. The van der Waals surface area contributed by atoms with Crippen LogP contribution in [0.3, 0.4) is 0 Å². The number of nitrogens with one attached hydrogen (secondary N) is 2. The molecule has 2 N–H and O–H groups in total. The highest BCUT2D eigenvalue weighted by molar-refractivity contribution is 5.84.